The Morgan fingerprint density at radius 3 is 2.89 bits per heavy atom. The molecule has 0 radical (unpaired) electrons. The van der Waals surface area contributed by atoms with Gasteiger partial charge in [-0.3, -0.25) is 4.79 Å². The van der Waals surface area contributed by atoms with Crippen molar-refractivity contribution in [3.8, 4) is 0 Å². The van der Waals surface area contributed by atoms with Crippen LogP contribution in [-0.4, -0.2) is 24.1 Å². The van der Waals surface area contributed by atoms with Gasteiger partial charge in [-0.2, -0.15) is 13.2 Å². The lowest BCUT2D eigenvalue weighted by molar-refractivity contribution is -0.137. The number of ether oxygens (including phenoxy) is 1. The quantitative estimate of drug-likeness (QED) is 0.901. The Labute approximate surface area is 108 Å². The van der Waals surface area contributed by atoms with Gasteiger partial charge in [0.15, 0.2) is 0 Å². The van der Waals surface area contributed by atoms with E-state index >= 15 is 0 Å². The minimum Gasteiger partial charge on any atom is -0.381 e. The largest absolute Gasteiger partial charge is 0.419 e. The fraction of sp³-hybridized carbons (Fsp3) is 0.500. The standard InChI is InChI=1S/C12H13F3N2O2/c13-12(14,15)9-4-1-5-16-10(9)17-11(18)8-3-2-6-19-7-8/h1,4-5,8H,2-3,6-7H2,(H,16,17,18). The molecule has 0 saturated carbocycles. The highest BCUT2D eigenvalue weighted by Gasteiger charge is 2.35. The Kier molecular flexibility index (Phi) is 4.04. The van der Waals surface area contributed by atoms with E-state index in [9.17, 15) is 18.0 Å². The number of amides is 1. The van der Waals surface area contributed by atoms with Gasteiger partial charge in [-0.15, -0.1) is 0 Å². The topological polar surface area (TPSA) is 51.2 Å². The normalized spacial score (nSPS) is 20.1. The highest BCUT2D eigenvalue weighted by Crippen LogP contribution is 2.33. The van der Waals surface area contributed by atoms with Gasteiger partial charge < -0.3 is 10.1 Å². The highest BCUT2D eigenvalue weighted by molar-refractivity contribution is 5.92. The number of nitrogens with zero attached hydrogens (tertiary/aromatic N) is 1. The van der Waals surface area contributed by atoms with Gasteiger partial charge >= 0.3 is 6.18 Å². The summed E-state index contributed by atoms with van der Waals surface area (Å²) in [6, 6.07) is 2.07. The molecule has 4 nitrogen and oxygen atoms in total. The number of halogens is 3. The molecule has 1 atom stereocenters. The van der Waals surface area contributed by atoms with E-state index < -0.39 is 29.4 Å². The summed E-state index contributed by atoms with van der Waals surface area (Å²) in [6.45, 7) is 0.821. The number of aromatic nitrogens is 1. The number of alkyl halides is 3. The zero-order chi connectivity index (χ0) is 13.9. The predicted molar refractivity (Wildman–Crippen MR) is 61.4 cm³/mol. The molecule has 1 saturated heterocycles. The minimum absolute atomic E-state index is 0.236. The second kappa shape index (κ2) is 5.56. The summed E-state index contributed by atoms with van der Waals surface area (Å²) in [7, 11) is 0. The van der Waals surface area contributed by atoms with E-state index in [0.29, 0.717) is 13.0 Å². The fourth-order valence-electron chi connectivity index (χ4n) is 1.90. The molecule has 1 fully saturated rings. The second-order valence-corrected chi connectivity index (χ2v) is 4.30. The monoisotopic (exact) mass is 274 g/mol. The zero-order valence-corrected chi connectivity index (χ0v) is 10.0. The molecular weight excluding hydrogens is 261 g/mol. The number of anilines is 1. The van der Waals surface area contributed by atoms with E-state index in [1.807, 2.05) is 0 Å². The van der Waals surface area contributed by atoms with Crippen LogP contribution in [0.3, 0.4) is 0 Å². The Hall–Kier alpha value is -1.63. The van der Waals surface area contributed by atoms with Crippen LogP contribution in [0.25, 0.3) is 0 Å². The van der Waals surface area contributed by atoms with E-state index in [1.165, 1.54) is 12.3 Å². The first kappa shape index (κ1) is 13.8. The van der Waals surface area contributed by atoms with Crippen LogP contribution in [0.15, 0.2) is 18.3 Å². The minimum atomic E-state index is -4.54. The van der Waals surface area contributed by atoms with Crippen LogP contribution >= 0.6 is 0 Å². The van der Waals surface area contributed by atoms with Crippen molar-refractivity contribution in [2.45, 2.75) is 19.0 Å². The zero-order valence-electron chi connectivity index (χ0n) is 10.0. The van der Waals surface area contributed by atoms with Gasteiger partial charge in [-0.1, -0.05) is 0 Å². The molecule has 2 rings (SSSR count). The summed E-state index contributed by atoms with van der Waals surface area (Å²) < 4.78 is 43.3. The molecule has 1 aliphatic rings. The number of rotatable bonds is 2. The van der Waals surface area contributed by atoms with Crippen molar-refractivity contribution in [2.24, 2.45) is 5.92 Å². The van der Waals surface area contributed by atoms with Gasteiger partial charge in [-0.05, 0) is 25.0 Å². The number of hydrogen-bond acceptors (Lipinski definition) is 3. The number of nitrogens with one attached hydrogen (secondary N) is 1. The van der Waals surface area contributed by atoms with Gasteiger partial charge in [0.05, 0.1) is 18.1 Å². The Morgan fingerprint density at radius 1 is 1.47 bits per heavy atom. The van der Waals surface area contributed by atoms with Gasteiger partial charge in [0.25, 0.3) is 0 Å². The molecule has 1 aromatic rings. The van der Waals surface area contributed by atoms with Crippen molar-refractivity contribution >= 4 is 11.7 Å². The van der Waals surface area contributed by atoms with Crippen LogP contribution in [0.2, 0.25) is 0 Å². The molecule has 1 N–H and O–H groups in total. The van der Waals surface area contributed by atoms with Crippen molar-refractivity contribution in [1.82, 2.24) is 4.98 Å². The van der Waals surface area contributed by atoms with E-state index in [-0.39, 0.29) is 6.61 Å². The Morgan fingerprint density at radius 2 is 2.26 bits per heavy atom. The molecule has 19 heavy (non-hydrogen) atoms. The van der Waals surface area contributed by atoms with Gasteiger partial charge in [-0.25, -0.2) is 4.98 Å². The number of carbonyl (C=O) groups excluding carboxylic acids is 1. The van der Waals surface area contributed by atoms with E-state index in [4.69, 9.17) is 4.74 Å². The molecule has 1 aliphatic heterocycles. The first-order valence-corrected chi connectivity index (χ1v) is 5.89. The lowest BCUT2D eigenvalue weighted by atomic mass is 10.0. The van der Waals surface area contributed by atoms with Crippen LogP contribution in [0.5, 0.6) is 0 Å². The van der Waals surface area contributed by atoms with E-state index in [2.05, 4.69) is 10.3 Å². The highest BCUT2D eigenvalue weighted by atomic mass is 19.4. The maximum atomic E-state index is 12.7. The SMILES string of the molecule is O=C(Nc1ncccc1C(F)(F)F)C1CCCOC1. The molecule has 0 aromatic carbocycles. The third-order valence-electron chi connectivity index (χ3n) is 2.89. The van der Waals surface area contributed by atoms with Crippen LogP contribution in [0.4, 0.5) is 19.0 Å². The molecule has 0 spiro atoms. The van der Waals surface area contributed by atoms with Crippen LogP contribution < -0.4 is 5.32 Å². The van der Waals surface area contributed by atoms with Gasteiger partial charge in [0.2, 0.25) is 5.91 Å². The van der Waals surface area contributed by atoms with Crippen molar-refractivity contribution in [3.63, 3.8) is 0 Å². The number of carbonyl (C=O) groups is 1. The Bertz CT molecular complexity index is 457. The maximum Gasteiger partial charge on any atom is 0.419 e. The van der Waals surface area contributed by atoms with Crippen LogP contribution in [0, 0.1) is 5.92 Å². The molecule has 7 heteroatoms. The first-order chi connectivity index (χ1) is 8.98. The third kappa shape index (κ3) is 3.44. The summed E-state index contributed by atoms with van der Waals surface area (Å²) in [5.41, 5.74) is -0.944. The molecule has 1 amide bonds. The first-order valence-electron chi connectivity index (χ1n) is 5.89. The molecule has 104 valence electrons. The molecular formula is C12H13F3N2O2. The third-order valence-corrected chi connectivity index (χ3v) is 2.89. The summed E-state index contributed by atoms with van der Waals surface area (Å²) in [5, 5.41) is 2.24. The Balaban J connectivity index is 2.12. The molecule has 1 aromatic heterocycles. The number of pyridine rings is 1. The molecule has 0 aliphatic carbocycles. The van der Waals surface area contributed by atoms with Crippen molar-refractivity contribution in [1.29, 1.82) is 0 Å². The average molecular weight is 274 g/mol. The van der Waals surface area contributed by atoms with Crippen molar-refractivity contribution < 1.29 is 22.7 Å². The van der Waals surface area contributed by atoms with Crippen molar-refractivity contribution in [3.05, 3.63) is 23.9 Å². The van der Waals surface area contributed by atoms with Gasteiger partial charge in [0.1, 0.15) is 5.82 Å². The molecule has 0 bridgehead atoms. The second-order valence-electron chi connectivity index (χ2n) is 4.30. The van der Waals surface area contributed by atoms with Crippen LogP contribution in [0.1, 0.15) is 18.4 Å². The van der Waals surface area contributed by atoms with Crippen LogP contribution in [-0.2, 0) is 15.7 Å². The summed E-state index contributed by atoms with van der Waals surface area (Å²) in [4.78, 5) is 15.4. The molecule has 2 heterocycles. The number of hydrogen-bond donors (Lipinski definition) is 1. The smallest absolute Gasteiger partial charge is 0.381 e. The maximum absolute atomic E-state index is 12.7. The average Bonchev–Trinajstić information content (AvgIpc) is 2.39. The predicted octanol–water partition coefficient (Wildman–Crippen LogP) is 2.47. The lowest BCUT2D eigenvalue weighted by Gasteiger charge is -2.21. The fourth-order valence-corrected chi connectivity index (χ4v) is 1.90. The lowest BCUT2D eigenvalue weighted by Crippen LogP contribution is -2.31. The summed E-state index contributed by atoms with van der Waals surface area (Å²) in [6.07, 6.45) is -1.99. The summed E-state index contributed by atoms with van der Waals surface area (Å²) in [5.74, 6) is -1.36. The van der Waals surface area contributed by atoms with Gasteiger partial charge in [0, 0.05) is 12.8 Å². The van der Waals surface area contributed by atoms with E-state index in [1.54, 1.807) is 0 Å². The molecule has 1 unspecified atom stereocenters. The van der Waals surface area contributed by atoms with E-state index in [0.717, 1.165) is 12.5 Å². The summed E-state index contributed by atoms with van der Waals surface area (Å²) >= 11 is 0. The van der Waals surface area contributed by atoms with Crippen molar-refractivity contribution in [2.75, 3.05) is 18.5 Å².